The number of anilines is 1. The summed E-state index contributed by atoms with van der Waals surface area (Å²) in [4.78, 5) is 0. The molecule has 2 N–H and O–H groups in total. The maximum Gasteiger partial charge on any atom is 0.0928 e. The molecule has 0 aliphatic rings. The van der Waals surface area contributed by atoms with Gasteiger partial charge in [-0.15, -0.1) is 0 Å². The van der Waals surface area contributed by atoms with Gasteiger partial charge in [0.25, 0.3) is 0 Å². The van der Waals surface area contributed by atoms with Crippen LogP contribution in [-0.4, -0.2) is 46.6 Å². The van der Waals surface area contributed by atoms with Gasteiger partial charge >= 0.3 is 0 Å². The van der Waals surface area contributed by atoms with Crippen molar-refractivity contribution in [2.24, 2.45) is 0 Å². The average molecular weight is 273 g/mol. The Labute approximate surface area is 114 Å². The summed E-state index contributed by atoms with van der Waals surface area (Å²) >= 11 is 5.81. The highest BCUT2D eigenvalue weighted by atomic mass is 35.5. The van der Waals surface area contributed by atoms with Crippen LogP contribution in [0.1, 0.15) is 0 Å². The van der Waals surface area contributed by atoms with E-state index < -0.39 is 0 Å². The lowest BCUT2D eigenvalue weighted by molar-refractivity contribution is 0.0292. The second-order valence-electron chi connectivity index (χ2n) is 3.95. The van der Waals surface area contributed by atoms with Gasteiger partial charge in [0.15, 0.2) is 0 Å². The Morgan fingerprint density at radius 1 is 1.17 bits per heavy atom. The first-order valence-corrected chi connectivity index (χ1v) is 6.36. The minimum absolute atomic E-state index is 0.102. The summed E-state index contributed by atoms with van der Waals surface area (Å²) in [5.74, 6) is 0. The molecule has 0 aliphatic heterocycles. The van der Waals surface area contributed by atoms with E-state index in [1.165, 1.54) is 0 Å². The normalized spacial score (nSPS) is 12.4. The molecule has 5 heteroatoms. The zero-order valence-electron chi connectivity index (χ0n) is 10.9. The molecule has 4 nitrogen and oxygen atoms in total. The average Bonchev–Trinajstić information content (AvgIpc) is 2.39. The summed E-state index contributed by atoms with van der Waals surface area (Å²) < 4.78 is 10.3. The van der Waals surface area contributed by atoms with Gasteiger partial charge in [-0.2, -0.15) is 0 Å². The molecule has 0 radical (unpaired) electrons. The van der Waals surface area contributed by atoms with Crippen LogP contribution in [0.5, 0.6) is 0 Å². The molecule has 0 bridgehead atoms. The van der Waals surface area contributed by atoms with Crippen molar-refractivity contribution in [2.75, 3.05) is 45.8 Å². The molecule has 1 aromatic rings. The van der Waals surface area contributed by atoms with E-state index in [1.54, 1.807) is 14.2 Å². The van der Waals surface area contributed by atoms with Gasteiger partial charge in [0.2, 0.25) is 0 Å². The van der Waals surface area contributed by atoms with Gasteiger partial charge in [0.05, 0.1) is 12.7 Å². The number of rotatable bonds is 9. The van der Waals surface area contributed by atoms with Crippen molar-refractivity contribution in [1.29, 1.82) is 0 Å². The van der Waals surface area contributed by atoms with Crippen LogP contribution in [-0.2, 0) is 9.47 Å². The molecule has 0 spiro atoms. The molecular formula is C13H21ClN2O2. The molecule has 1 unspecified atom stereocenters. The topological polar surface area (TPSA) is 42.5 Å². The lowest BCUT2D eigenvalue weighted by atomic mass is 10.3. The number of ether oxygens (including phenoxy) is 2. The minimum Gasteiger partial charge on any atom is -0.384 e. The van der Waals surface area contributed by atoms with Crippen molar-refractivity contribution in [1.82, 2.24) is 5.32 Å². The van der Waals surface area contributed by atoms with Gasteiger partial charge < -0.3 is 20.1 Å². The summed E-state index contributed by atoms with van der Waals surface area (Å²) in [5.41, 5.74) is 1.07. The summed E-state index contributed by atoms with van der Waals surface area (Å²) in [6.45, 7) is 3.11. The van der Waals surface area contributed by atoms with Gasteiger partial charge in [-0.05, 0) is 24.3 Å². The van der Waals surface area contributed by atoms with E-state index in [9.17, 15) is 0 Å². The zero-order valence-corrected chi connectivity index (χ0v) is 11.7. The summed E-state index contributed by atoms with van der Waals surface area (Å²) in [5, 5.41) is 7.36. The standard InChI is InChI=1S/C13H21ClN2O2/c1-17-10-13(18-2)9-15-7-8-16-12-5-3-11(14)4-6-12/h3-6,13,15-16H,7-10H2,1-2H3. The van der Waals surface area contributed by atoms with Crippen molar-refractivity contribution in [3.63, 3.8) is 0 Å². The van der Waals surface area contributed by atoms with Crippen LogP contribution in [0.25, 0.3) is 0 Å². The van der Waals surface area contributed by atoms with Gasteiger partial charge in [-0.1, -0.05) is 11.6 Å². The Morgan fingerprint density at radius 3 is 2.50 bits per heavy atom. The number of benzene rings is 1. The van der Waals surface area contributed by atoms with Crippen LogP contribution in [0.3, 0.4) is 0 Å². The van der Waals surface area contributed by atoms with Gasteiger partial charge in [0, 0.05) is 44.6 Å². The van der Waals surface area contributed by atoms with Crippen molar-refractivity contribution < 1.29 is 9.47 Å². The maximum atomic E-state index is 5.81. The number of halogens is 1. The Kier molecular flexibility index (Phi) is 7.76. The lowest BCUT2D eigenvalue weighted by Crippen LogP contribution is -2.34. The van der Waals surface area contributed by atoms with Crippen molar-refractivity contribution in [3.8, 4) is 0 Å². The molecule has 0 saturated heterocycles. The van der Waals surface area contributed by atoms with Crippen LogP contribution in [0.4, 0.5) is 5.69 Å². The van der Waals surface area contributed by atoms with E-state index in [1.807, 2.05) is 24.3 Å². The lowest BCUT2D eigenvalue weighted by Gasteiger charge is -2.15. The number of nitrogens with one attached hydrogen (secondary N) is 2. The Balaban J connectivity index is 2.09. The van der Waals surface area contributed by atoms with E-state index in [0.717, 1.165) is 30.3 Å². The summed E-state index contributed by atoms with van der Waals surface area (Å²) in [6, 6.07) is 7.67. The fourth-order valence-corrected chi connectivity index (χ4v) is 1.65. The van der Waals surface area contributed by atoms with Gasteiger partial charge in [-0.3, -0.25) is 0 Å². The van der Waals surface area contributed by atoms with Gasteiger partial charge in [-0.25, -0.2) is 0 Å². The first-order valence-electron chi connectivity index (χ1n) is 5.98. The fourth-order valence-electron chi connectivity index (χ4n) is 1.52. The Hall–Kier alpha value is -0.810. The number of methoxy groups -OCH3 is 2. The molecule has 1 atom stereocenters. The predicted molar refractivity (Wildman–Crippen MR) is 75.5 cm³/mol. The molecule has 1 aromatic carbocycles. The van der Waals surface area contributed by atoms with E-state index in [2.05, 4.69) is 10.6 Å². The Morgan fingerprint density at radius 2 is 1.89 bits per heavy atom. The highest BCUT2D eigenvalue weighted by Gasteiger charge is 2.04. The monoisotopic (exact) mass is 272 g/mol. The molecular weight excluding hydrogens is 252 g/mol. The fraction of sp³-hybridized carbons (Fsp3) is 0.538. The minimum atomic E-state index is 0.102. The van der Waals surface area contributed by atoms with E-state index in [4.69, 9.17) is 21.1 Å². The Bertz CT molecular complexity index is 319. The highest BCUT2D eigenvalue weighted by molar-refractivity contribution is 6.30. The largest absolute Gasteiger partial charge is 0.384 e. The van der Waals surface area contributed by atoms with Crippen molar-refractivity contribution >= 4 is 17.3 Å². The second kappa shape index (κ2) is 9.16. The van der Waals surface area contributed by atoms with E-state index in [-0.39, 0.29) is 6.10 Å². The predicted octanol–water partition coefficient (Wildman–Crippen LogP) is 2.00. The molecule has 0 saturated carbocycles. The third-order valence-electron chi connectivity index (χ3n) is 2.53. The molecule has 0 heterocycles. The van der Waals surface area contributed by atoms with Crippen molar-refractivity contribution in [3.05, 3.63) is 29.3 Å². The van der Waals surface area contributed by atoms with Gasteiger partial charge in [0.1, 0.15) is 0 Å². The molecule has 0 fully saturated rings. The third kappa shape index (κ3) is 6.21. The summed E-state index contributed by atoms with van der Waals surface area (Å²) in [6.07, 6.45) is 0.102. The van der Waals surface area contributed by atoms with Crippen LogP contribution < -0.4 is 10.6 Å². The molecule has 102 valence electrons. The molecule has 0 aliphatic carbocycles. The van der Waals surface area contributed by atoms with Crippen LogP contribution in [0.15, 0.2) is 24.3 Å². The number of hydrogen-bond donors (Lipinski definition) is 2. The van der Waals surface area contributed by atoms with E-state index in [0.29, 0.717) is 6.61 Å². The van der Waals surface area contributed by atoms with Crippen molar-refractivity contribution in [2.45, 2.75) is 6.10 Å². The molecule has 0 amide bonds. The van der Waals surface area contributed by atoms with E-state index >= 15 is 0 Å². The van der Waals surface area contributed by atoms with Crippen LogP contribution >= 0.6 is 11.6 Å². The number of hydrogen-bond acceptors (Lipinski definition) is 4. The highest BCUT2D eigenvalue weighted by Crippen LogP contribution is 2.12. The molecule has 0 aromatic heterocycles. The SMILES string of the molecule is COCC(CNCCNc1ccc(Cl)cc1)OC. The second-order valence-corrected chi connectivity index (χ2v) is 4.39. The quantitative estimate of drug-likeness (QED) is 0.675. The third-order valence-corrected chi connectivity index (χ3v) is 2.78. The smallest absolute Gasteiger partial charge is 0.0928 e. The van der Waals surface area contributed by atoms with Crippen LogP contribution in [0, 0.1) is 0 Å². The maximum absolute atomic E-state index is 5.81. The zero-order chi connectivity index (χ0) is 13.2. The first kappa shape index (κ1) is 15.2. The first-order chi connectivity index (χ1) is 8.76. The van der Waals surface area contributed by atoms with Crippen LogP contribution in [0.2, 0.25) is 5.02 Å². The molecule has 18 heavy (non-hydrogen) atoms. The molecule has 1 rings (SSSR count). The summed E-state index contributed by atoms with van der Waals surface area (Å²) in [7, 11) is 3.37.